The summed E-state index contributed by atoms with van der Waals surface area (Å²) in [6.07, 6.45) is 7.82. The first kappa shape index (κ1) is 27.8. The van der Waals surface area contributed by atoms with Crippen molar-refractivity contribution in [2.45, 2.75) is 45.2 Å². The van der Waals surface area contributed by atoms with Gasteiger partial charge >= 0.3 is 0 Å². The van der Waals surface area contributed by atoms with E-state index in [0.717, 1.165) is 72.9 Å². The number of aromatic amines is 1. The monoisotopic (exact) mass is 600 g/mol. The molecule has 0 bridgehead atoms. The second kappa shape index (κ2) is 12.0. The largest absolute Gasteiger partial charge is 0.493 e. The van der Waals surface area contributed by atoms with E-state index in [9.17, 15) is 9.18 Å². The molecule has 1 N–H and O–H groups in total. The predicted molar refractivity (Wildman–Crippen MR) is 162 cm³/mol. The maximum atomic E-state index is 14.9. The highest BCUT2D eigenvalue weighted by molar-refractivity contribution is 6.30. The second-order valence-corrected chi connectivity index (χ2v) is 12.3. The number of anilines is 1. The Morgan fingerprint density at radius 1 is 1.07 bits per heavy atom. The Balaban J connectivity index is 0.840. The van der Waals surface area contributed by atoms with Crippen molar-refractivity contribution in [3.8, 4) is 17.1 Å². The number of fused-ring (bicyclic) bond motifs is 1. The topological polar surface area (TPSA) is 87.2 Å². The maximum absolute atomic E-state index is 14.9. The normalized spacial score (nSPS) is 19.9. The van der Waals surface area contributed by atoms with Crippen LogP contribution in [0.15, 0.2) is 60.9 Å². The standard InChI is InChI=1S/C33H34ClFN6O2/c34-25-17-36-33(37-18-25)40-11-8-21(9-12-40)27-14-23(27)10-13-43-26-7-6-24(28(35)16-26)15-31(42)41-19-29-30(20-41)39-32(38-29)22-4-2-1-3-5-22/h1-7,16-18,21,23,27H,8-15,19-20H2,(H,38,39)/t23-,27-/m1/s1. The lowest BCUT2D eigenvalue weighted by Gasteiger charge is -2.32. The highest BCUT2D eigenvalue weighted by Crippen LogP contribution is 2.50. The molecule has 1 saturated carbocycles. The molecule has 1 saturated heterocycles. The van der Waals surface area contributed by atoms with Crippen molar-refractivity contribution < 1.29 is 13.9 Å². The van der Waals surface area contributed by atoms with Crippen molar-refractivity contribution in [1.29, 1.82) is 0 Å². The van der Waals surface area contributed by atoms with Gasteiger partial charge in [-0.2, -0.15) is 0 Å². The van der Waals surface area contributed by atoms with E-state index in [2.05, 4.69) is 24.8 Å². The van der Waals surface area contributed by atoms with Crippen LogP contribution in [0.2, 0.25) is 5.02 Å². The fourth-order valence-electron chi connectivity index (χ4n) is 6.58. The molecule has 4 heterocycles. The van der Waals surface area contributed by atoms with Crippen LogP contribution in [0, 0.1) is 23.6 Å². The van der Waals surface area contributed by atoms with Crippen LogP contribution in [0.5, 0.6) is 5.75 Å². The average Bonchev–Trinajstić information content (AvgIpc) is 3.51. The molecule has 3 aliphatic rings. The first-order chi connectivity index (χ1) is 21.0. The zero-order valence-corrected chi connectivity index (χ0v) is 24.6. The fraction of sp³-hybridized carbons (Fsp3) is 0.394. The molecule has 4 aromatic rings. The number of aromatic nitrogens is 4. The summed E-state index contributed by atoms with van der Waals surface area (Å²) in [4.78, 5) is 33.6. The molecule has 43 heavy (non-hydrogen) atoms. The molecular weight excluding hydrogens is 567 g/mol. The van der Waals surface area contributed by atoms with Crippen LogP contribution >= 0.6 is 11.6 Å². The molecule has 10 heteroatoms. The third-order valence-corrected chi connectivity index (χ3v) is 9.28. The first-order valence-corrected chi connectivity index (χ1v) is 15.4. The van der Waals surface area contributed by atoms with E-state index in [4.69, 9.17) is 16.3 Å². The van der Waals surface area contributed by atoms with Gasteiger partial charge in [-0.3, -0.25) is 4.79 Å². The van der Waals surface area contributed by atoms with E-state index >= 15 is 0 Å². The number of hydrogen-bond acceptors (Lipinski definition) is 6. The lowest BCUT2D eigenvalue weighted by Crippen LogP contribution is -2.35. The molecule has 2 aromatic heterocycles. The summed E-state index contributed by atoms with van der Waals surface area (Å²) < 4.78 is 20.8. The van der Waals surface area contributed by atoms with Gasteiger partial charge in [0, 0.05) is 24.7 Å². The molecule has 0 radical (unpaired) electrons. The summed E-state index contributed by atoms with van der Waals surface area (Å²) in [6, 6.07) is 14.8. The summed E-state index contributed by atoms with van der Waals surface area (Å²) in [5.74, 6) is 3.69. The summed E-state index contributed by atoms with van der Waals surface area (Å²) in [6.45, 7) is 3.39. The number of nitrogens with one attached hydrogen (secondary N) is 1. The number of ether oxygens (including phenoxy) is 1. The number of rotatable bonds is 9. The van der Waals surface area contributed by atoms with Gasteiger partial charge < -0.3 is 19.5 Å². The van der Waals surface area contributed by atoms with Gasteiger partial charge in [-0.15, -0.1) is 0 Å². The highest BCUT2D eigenvalue weighted by atomic mass is 35.5. The van der Waals surface area contributed by atoms with Crippen molar-refractivity contribution >= 4 is 23.5 Å². The number of halogens is 2. The summed E-state index contributed by atoms with van der Waals surface area (Å²) >= 11 is 5.91. The Bertz CT molecular complexity index is 1570. The van der Waals surface area contributed by atoms with E-state index in [1.165, 1.54) is 12.5 Å². The Labute approximate surface area is 255 Å². The van der Waals surface area contributed by atoms with Crippen LogP contribution < -0.4 is 9.64 Å². The molecule has 2 aromatic carbocycles. The molecule has 2 atom stereocenters. The lowest BCUT2D eigenvalue weighted by atomic mass is 9.90. The van der Waals surface area contributed by atoms with Crippen molar-refractivity contribution in [2.24, 2.45) is 17.8 Å². The van der Waals surface area contributed by atoms with Gasteiger partial charge in [0.1, 0.15) is 17.4 Å². The third-order valence-electron chi connectivity index (χ3n) is 9.09. The molecule has 0 unspecified atom stereocenters. The van der Waals surface area contributed by atoms with E-state index in [1.54, 1.807) is 29.4 Å². The van der Waals surface area contributed by atoms with E-state index in [1.807, 2.05) is 30.3 Å². The van der Waals surface area contributed by atoms with Crippen LogP contribution in [0.4, 0.5) is 10.3 Å². The van der Waals surface area contributed by atoms with Gasteiger partial charge in [-0.05, 0) is 55.1 Å². The minimum Gasteiger partial charge on any atom is -0.493 e. The van der Waals surface area contributed by atoms with E-state index < -0.39 is 5.82 Å². The van der Waals surface area contributed by atoms with Crippen LogP contribution in [-0.2, 0) is 24.3 Å². The Kier molecular flexibility index (Phi) is 7.74. The predicted octanol–water partition coefficient (Wildman–Crippen LogP) is 6.07. The van der Waals surface area contributed by atoms with Gasteiger partial charge in [-0.25, -0.2) is 19.3 Å². The van der Waals surface area contributed by atoms with Gasteiger partial charge in [0.2, 0.25) is 11.9 Å². The summed E-state index contributed by atoms with van der Waals surface area (Å²) in [7, 11) is 0. The van der Waals surface area contributed by atoms with Crippen molar-refractivity contribution in [3.63, 3.8) is 0 Å². The van der Waals surface area contributed by atoms with Crippen molar-refractivity contribution in [1.82, 2.24) is 24.8 Å². The van der Waals surface area contributed by atoms with Gasteiger partial charge in [0.25, 0.3) is 0 Å². The molecule has 222 valence electrons. The summed E-state index contributed by atoms with van der Waals surface area (Å²) in [5, 5.41) is 0.556. The molecule has 7 rings (SSSR count). The number of carbonyl (C=O) groups excluding carboxylic acids is 1. The van der Waals surface area contributed by atoms with Crippen LogP contribution in [0.1, 0.15) is 42.6 Å². The molecule has 8 nitrogen and oxygen atoms in total. The maximum Gasteiger partial charge on any atom is 0.227 e. The number of imidazole rings is 1. The number of piperidine rings is 1. The van der Waals surface area contributed by atoms with E-state index in [0.29, 0.717) is 41.9 Å². The number of hydrogen-bond donors (Lipinski definition) is 1. The number of benzene rings is 2. The number of nitrogens with zero attached hydrogens (tertiary/aromatic N) is 5. The highest BCUT2D eigenvalue weighted by Gasteiger charge is 2.43. The second-order valence-electron chi connectivity index (χ2n) is 11.9. The van der Waals surface area contributed by atoms with Gasteiger partial charge in [0.05, 0.1) is 54.9 Å². The Morgan fingerprint density at radius 3 is 2.60 bits per heavy atom. The zero-order valence-electron chi connectivity index (χ0n) is 23.9. The number of H-pyrrole nitrogens is 1. The summed E-state index contributed by atoms with van der Waals surface area (Å²) in [5.41, 5.74) is 3.20. The van der Waals surface area contributed by atoms with Gasteiger partial charge in [0.15, 0.2) is 0 Å². The molecule has 2 fully saturated rings. The Morgan fingerprint density at radius 2 is 1.86 bits per heavy atom. The lowest BCUT2D eigenvalue weighted by molar-refractivity contribution is -0.131. The van der Waals surface area contributed by atoms with Crippen LogP contribution in [-0.4, -0.2) is 50.4 Å². The van der Waals surface area contributed by atoms with Crippen molar-refractivity contribution in [2.75, 3.05) is 24.6 Å². The minimum atomic E-state index is -0.409. The Hall–Kier alpha value is -3.98. The van der Waals surface area contributed by atoms with Crippen LogP contribution in [0.25, 0.3) is 11.4 Å². The SMILES string of the molecule is O=C(Cc1ccc(OCC[C@@H]2C[C@@H]2C2CCN(c3ncc(Cl)cn3)CC2)cc1F)N1Cc2nc(-c3ccccc3)[nH]c2C1. The first-order valence-electron chi connectivity index (χ1n) is 15.0. The molecule has 1 amide bonds. The number of amides is 1. The average molecular weight is 601 g/mol. The van der Waals surface area contributed by atoms with Gasteiger partial charge in [-0.1, -0.05) is 48.0 Å². The molecular formula is C33H34ClFN6O2. The molecule has 0 spiro atoms. The smallest absolute Gasteiger partial charge is 0.227 e. The minimum absolute atomic E-state index is 0.00858. The number of carbonyl (C=O) groups is 1. The zero-order chi connectivity index (χ0) is 29.3. The van der Waals surface area contributed by atoms with E-state index in [-0.39, 0.29) is 12.3 Å². The fourth-order valence-corrected chi connectivity index (χ4v) is 6.68. The molecule has 2 aliphatic heterocycles. The third kappa shape index (κ3) is 6.22. The van der Waals surface area contributed by atoms with Crippen LogP contribution in [0.3, 0.4) is 0 Å². The molecule has 1 aliphatic carbocycles. The van der Waals surface area contributed by atoms with Crippen molar-refractivity contribution in [3.05, 3.63) is 88.7 Å². The quantitative estimate of drug-likeness (QED) is 0.251.